The average molecular weight is 266 g/mol. The van der Waals surface area contributed by atoms with Crippen molar-refractivity contribution in [2.24, 2.45) is 0 Å². The molecule has 0 bridgehead atoms. The van der Waals surface area contributed by atoms with Crippen LogP contribution in [0.2, 0.25) is 0 Å². The van der Waals surface area contributed by atoms with Crippen LogP contribution in [0, 0.1) is 11.3 Å². The molecule has 2 rings (SSSR count). The van der Waals surface area contributed by atoms with Crippen molar-refractivity contribution in [2.45, 2.75) is 11.0 Å². The first-order chi connectivity index (χ1) is 8.51. The lowest BCUT2D eigenvalue weighted by molar-refractivity contribution is 0.00623. The van der Waals surface area contributed by atoms with Crippen LogP contribution in [0.1, 0.15) is 5.56 Å². The Kier molecular flexibility index (Phi) is 3.66. The molecule has 0 radical (unpaired) electrons. The number of nitrogens with zero attached hydrogens (tertiary/aromatic N) is 2. The van der Waals surface area contributed by atoms with Gasteiger partial charge in [0, 0.05) is 19.6 Å². The molecule has 96 valence electrons. The van der Waals surface area contributed by atoms with Crippen molar-refractivity contribution < 1.29 is 13.5 Å². The minimum absolute atomic E-state index is 0.0334. The lowest BCUT2D eigenvalue weighted by Crippen LogP contribution is -2.51. The van der Waals surface area contributed by atoms with E-state index in [1.807, 2.05) is 11.0 Å². The highest BCUT2D eigenvalue weighted by molar-refractivity contribution is 7.91. The van der Waals surface area contributed by atoms with E-state index in [0.29, 0.717) is 25.2 Å². The van der Waals surface area contributed by atoms with Gasteiger partial charge in [-0.3, -0.25) is 4.90 Å². The maximum Gasteiger partial charge on any atom is 0.179 e. The van der Waals surface area contributed by atoms with Gasteiger partial charge in [-0.05, 0) is 24.3 Å². The summed E-state index contributed by atoms with van der Waals surface area (Å²) in [6, 6.07) is 7.86. The van der Waals surface area contributed by atoms with E-state index in [2.05, 4.69) is 0 Å². The van der Waals surface area contributed by atoms with Crippen molar-refractivity contribution in [3.05, 3.63) is 29.8 Å². The Balaban J connectivity index is 1.99. The van der Waals surface area contributed by atoms with Gasteiger partial charge in [0.25, 0.3) is 0 Å². The normalized spacial score (nSPS) is 17.1. The van der Waals surface area contributed by atoms with Gasteiger partial charge in [-0.1, -0.05) is 0 Å². The molecule has 1 heterocycles. The molecule has 0 spiro atoms. The van der Waals surface area contributed by atoms with Crippen LogP contribution in [0.5, 0.6) is 0 Å². The molecule has 1 aliphatic heterocycles. The number of β-amino-alcohol motifs (C(OH)–C–C–N with tert-alkyl or cyclic N) is 1. The summed E-state index contributed by atoms with van der Waals surface area (Å²) >= 11 is 0. The van der Waals surface area contributed by atoms with E-state index in [1.165, 1.54) is 24.3 Å². The van der Waals surface area contributed by atoms with Crippen LogP contribution in [-0.2, 0) is 9.84 Å². The molecule has 5 nitrogen and oxygen atoms in total. The van der Waals surface area contributed by atoms with Crippen molar-refractivity contribution in [3.8, 4) is 6.07 Å². The Bertz CT molecular complexity index is 554. The van der Waals surface area contributed by atoms with Crippen molar-refractivity contribution in [2.75, 3.05) is 25.4 Å². The van der Waals surface area contributed by atoms with E-state index in [-0.39, 0.29) is 16.8 Å². The first-order valence-corrected chi connectivity index (χ1v) is 7.30. The van der Waals surface area contributed by atoms with Crippen molar-refractivity contribution in [1.82, 2.24) is 4.90 Å². The molecule has 0 saturated carbocycles. The predicted molar refractivity (Wildman–Crippen MR) is 65.7 cm³/mol. The molecular formula is C12H14N2O3S. The molecule has 0 amide bonds. The topological polar surface area (TPSA) is 81.4 Å². The number of nitriles is 1. The van der Waals surface area contributed by atoms with Gasteiger partial charge in [-0.25, -0.2) is 8.42 Å². The fourth-order valence-electron chi connectivity index (χ4n) is 1.83. The standard InChI is InChI=1S/C12H14N2O3S/c13-7-10-1-3-12(4-2-10)18(16,17)6-5-14-8-11(15)9-14/h1-4,11,15H,5-6,8-9H2. The molecule has 1 fully saturated rings. The van der Waals surface area contributed by atoms with E-state index >= 15 is 0 Å². The zero-order valence-corrected chi connectivity index (χ0v) is 10.6. The minimum Gasteiger partial charge on any atom is -0.390 e. The van der Waals surface area contributed by atoms with Crippen LogP contribution in [0.4, 0.5) is 0 Å². The van der Waals surface area contributed by atoms with Crippen LogP contribution in [0.15, 0.2) is 29.2 Å². The van der Waals surface area contributed by atoms with Gasteiger partial charge in [0.15, 0.2) is 9.84 Å². The number of hydrogen-bond acceptors (Lipinski definition) is 5. The monoisotopic (exact) mass is 266 g/mol. The highest BCUT2D eigenvalue weighted by Crippen LogP contribution is 2.14. The Morgan fingerprint density at radius 3 is 2.44 bits per heavy atom. The second-order valence-electron chi connectivity index (χ2n) is 4.37. The van der Waals surface area contributed by atoms with Crippen LogP contribution in [0.3, 0.4) is 0 Å². The average Bonchev–Trinajstić information content (AvgIpc) is 2.33. The fourth-order valence-corrected chi connectivity index (χ4v) is 3.11. The zero-order valence-electron chi connectivity index (χ0n) is 9.78. The smallest absolute Gasteiger partial charge is 0.179 e. The second kappa shape index (κ2) is 5.06. The maximum absolute atomic E-state index is 12.0. The Hall–Kier alpha value is -1.42. The Morgan fingerprint density at radius 1 is 1.33 bits per heavy atom. The first-order valence-electron chi connectivity index (χ1n) is 5.64. The van der Waals surface area contributed by atoms with Crippen LogP contribution in [-0.4, -0.2) is 49.9 Å². The molecule has 1 saturated heterocycles. The van der Waals surface area contributed by atoms with Crippen LogP contribution < -0.4 is 0 Å². The number of hydrogen-bond donors (Lipinski definition) is 1. The summed E-state index contributed by atoms with van der Waals surface area (Å²) < 4.78 is 24.0. The molecule has 1 aromatic rings. The van der Waals surface area contributed by atoms with Crippen LogP contribution >= 0.6 is 0 Å². The van der Waals surface area contributed by atoms with E-state index in [1.54, 1.807) is 0 Å². The zero-order chi connectivity index (χ0) is 13.2. The van der Waals surface area contributed by atoms with E-state index < -0.39 is 9.84 Å². The SMILES string of the molecule is N#Cc1ccc(S(=O)(=O)CCN2CC(O)C2)cc1. The molecule has 0 aromatic heterocycles. The summed E-state index contributed by atoms with van der Waals surface area (Å²) in [4.78, 5) is 2.13. The summed E-state index contributed by atoms with van der Waals surface area (Å²) in [6.07, 6.45) is -0.317. The highest BCUT2D eigenvalue weighted by atomic mass is 32.2. The maximum atomic E-state index is 12.0. The Morgan fingerprint density at radius 2 is 1.94 bits per heavy atom. The molecule has 0 atom stereocenters. The summed E-state index contributed by atoms with van der Waals surface area (Å²) in [5.41, 5.74) is 0.444. The summed E-state index contributed by atoms with van der Waals surface area (Å²) in [7, 11) is -3.31. The van der Waals surface area contributed by atoms with Gasteiger partial charge >= 0.3 is 0 Å². The van der Waals surface area contributed by atoms with Gasteiger partial charge in [-0.2, -0.15) is 5.26 Å². The van der Waals surface area contributed by atoms with Crippen molar-refractivity contribution in [3.63, 3.8) is 0 Å². The van der Waals surface area contributed by atoms with Gasteiger partial charge < -0.3 is 5.11 Å². The summed E-state index contributed by atoms with van der Waals surface area (Å²) in [5, 5.41) is 17.7. The number of sulfone groups is 1. The lowest BCUT2D eigenvalue weighted by atomic mass is 10.2. The molecule has 1 N–H and O–H groups in total. The molecular weight excluding hydrogens is 252 g/mol. The van der Waals surface area contributed by atoms with E-state index in [0.717, 1.165) is 0 Å². The lowest BCUT2D eigenvalue weighted by Gasteiger charge is -2.35. The van der Waals surface area contributed by atoms with E-state index in [4.69, 9.17) is 10.4 Å². The van der Waals surface area contributed by atoms with Gasteiger partial charge in [0.1, 0.15) is 0 Å². The summed E-state index contributed by atoms with van der Waals surface area (Å²) in [5.74, 6) is 0.0334. The number of aliphatic hydroxyl groups is 1. The third-order valence-electron chi connectivity index (χ3n) is 2.96. The van der Waals surface area contributed by atoms with Crippen LogP contribution in [0.25, 0.3) is 0 Å². The Labute approximate surface area is 106 Å². The molecule has 1 aliphatic rings. The second-order valence-corrected chi connectivity index (χ2v) is 6.48. The van der Waals surface area contributed by atoms with E-state index in [9.17, 15) is 8.42 Å². The fraction of sp³-hybridized carbons (Fsp3) is 0.417. The number of rotatable bonds is 4. The molecule has 0 unspecified atom stereocenters. The third kappa shape index (κ3) is 2.88. The van der Waals surface area contributed by atoms with Gasteiger partial charge in [0.05, 0.1) is 28.4 Å². The largest absolute Gasteiger partial charge is 0.390 e. The molecule has 18 heavy (non-hydrogen) atoms. The number of aliphatic hydroxyl groups excluding tert-OH is 1. The molecule has 1 aromatic carbocycles. The van der Waals surface area contributed by atoms with Crippen molar-refractivity contribution >= 4 is 9.84 Å². The molecule has 6 heteroatoms. The van der Waals surface area contributed by atoms with Gasteiger partial charge in [-0.15, -0.1) is 0 Å². The van der Waals surface area contributed by atoms with Gasteiger partial charge in [0.2, 0.25) is 0 Å². The minimum atomic E-state index is -3.31. The molecule has 0 aliphatic carbocycles. The number of benzene rings is 1. The number of likely N-dealkylation sites (tertiary alicyclic amines) is 1. The first kappa shape index (κ1) is 13.0. The summed E-state index contributed by atoms with van der Waals surface area (Å²) in [6.45, 7) is 1.52. The quantitative estimate of drug-likeness (QED) is 0.830. The highest BCUT2D eigenvalue weighted by Gasteiger charge is 2.25. The predicted octanol–water partition coefficient (Wildman–Crippen LogP) is 0.00848. The van der Waals surface area contributed by atoms with Crippen molar-refractivity contribution in [1.29, 1.82) is 5.26 Å². The third-order valence-corrected chi connectivity index (χ3v) is 4.67.